The fourth-order valence-electron chi connectivity index (χ4n) is 2.54. The summed E-state index contributed by atoms with van der Waals surface area (Å²) in [5.41, 5.74) is 13.3. The first-order valence-electron chi connectivity index (χ1n) is 8.23. The number of hydrogen-bond acceptors (Lipinski definition) is 5. The van der Waals surface area contributed by atoms with Gasteiger partial charge in [0.05, 0.1) is 12.1 Å². The summed E-state index contributed by atoms with van der Waals surface area (Å²) in [6.07, 6.45) is 2.91. The smallest absolute Gasteiger partial charge is 0.161 e. The number of anilines is 1. The van der Waals surface area contributed by atoms with Crippen molar-refractivity contribution in [2.45, 2.75) is 0 Å². The van der Waals surface area contributed by atoms with Gasteiger partial charge in [-0.05, 0) is 24.4 Å². The topological polar surface area (TPSA) is 102 Å². The van der Waals surface area contributed by atoms with Crippen LogP contribution in [-0.2, 0) is 0 Å². The van der Waals surface area contributed by atoms with E-state index in [2.05, 4.69) is 20.3 Å². The molecule has 3 aromatic rings. The molecule has 3 rings (SSSR count). The number of nitrogens with zero attached hydrogens (tertiary/aromatic N) is 3. The number of aliphatic imine (C=N–C) groups is 1. The lowest BCUT2D eigenvalue weighted by molar-refractivity contribution is 1.01. The van der Waals surface area contributed by atoms with Crippen LogP contribution in [0, 0.1) is 0 Å². The van der Waals surface area contributed by atoms with Gasteiger partial charge in [-0.3, -0.25) is 4.99 Å². The van der Waals surface area contributed by atoms with Gasteiger partial charge in [-0.2, -0.15) is 0 Å². The summed E-state index contributed by atoms with van der Waals surface area (Å²) in [5, 5.41) is 4.24. The maximum absolute atomic E-state index is 6.08. The van der Waals surface area contributed by atoms with Crippen LogP contribution in [0.2, 0.25) is 0 Å². The third-order valence-corrected chi connectivity index (χ3v) is 3.77. The minimum absolute atomic E-state index is 0.389. The number of rotatable bonds is 6. The highest BCUT2D eigenvalue weighted by atomic mass is 15.0. The van der Waals surface area contributed by atoms with Gasteiger partial charge >= 0.3 is 0 Å². The van der Waals surface area contributed by atoms with Gasteiger partial charge in [0.1, 0.15) is 19.5 Å². The molecular formula is C19H19BN6. The molecule has 128 valence electrons. The normalized spacial score (nSPS) is 11.9. The Hall–Kier alpha value is -3.35. The molecular weight excluding hydrogens is 323 g/mol. The SMILES string of the molecule is [B]c1ccccc1-c1nc(NCCN=C(N)C=CN)c2ccccc2n1. The van der Waals surface area contributed by atoms with E-state index in [1.165, 1.54) is 6.20 Å². The fraction of sp³-hybridized carbons (Fsp3) is 0.105. The van der Waals surface area contributed by atoms with E-state index in [0.29, 0.717) is 30.2 Å². The average Bonchev–Trinajstić information content (AvgIpc) is 2.65. The van der Waals surface area contributed by atoms with Crippen LogP contribution in [-0.4, -0.2) is 36.7 Å². The van der Waals surface area contributed by atoms with Crippen LogP contribution in [0.1, 0.15) is 0 Å². The Balaban J connectivity index is 1.91. The van der Waals surface area contributed by atoms with E-state index in [9.17, 15) is 0 Å². The zero-order chi connectivity index (χ0) is 18.4. The van der Waals surface area contributed by atoms with Gasteiger partial charge in [-0.15, -0.1) is 0 Å². The summed E-state index contributed by atoms with van der Waals surface area (Å²) >= 11 is 0. The number of aromatic nitrogens is 2. The van der Waals surface area contributed by atoms with Crippen molar-refractivity contribution in [3.8, 4) is 11.4 Å². The summed E-state index contributed by atoms with van der Waals surface area (Å²) in [7, 11) is 6.08. The number of hydrogen-bond donors (Lipinski definition) is 3. The van der Waals surface area contributed by atoms with Crippen molar-refractivity contribution in [1.82, 2.24) is 9.97 Å². The second-order valence-electron chi connectivity index (χ2n) is 5.59. The molecule has 26 heavy (non-hydrogen) atoms. The van der Waals surface area contributed by atoms with Crippen LogP contribution < -0.4 is 22.2 Å². The highest BCUT2D eigenvalue weighted by Gasteiger charge is 2.10. The lowest BCUT2D eigenvalue weighted by Crippen LogP contribution is -2.14. The molecule has 6 nitrogen and oxygen atoms in total. The highest BCUT2D eigenvalue weighted by molar-refractivity contribution is 6.35. The number of fused-ring (bicyclic) bond motifs is 1. The predicted octanol–water partition coefficient (Wildman–Crippen LogP) is 1.33. The summed E-state index contributed by atoms with van der Waals surface area (Å²) in [4.78, 5) is 13.5. The quantitative estimate of drug-likeness (QED) is 0.271. The molecule has 0 aliphatic heterocycles. The average molecular weight is 342 g/mol. The second-order valence-corrected chi connectivity index (χ2v) is 5.59. The maximum Gasteiger partial charge on any atom is 0.161 e. The molecule has 1 aromatic heterocycles. The number of nitrogens with one attached hydrogen (secondary N) is 1. The van der Waals surface area contributed by atoms with Crippen molar-refractivity contribution >= 4 is 35.9 Å². The third kappa shape index (κ3) is 4.00. The summed E-state index contributed by atoms with van der Waals surface area (Å²) in [6, 6.07) is 15.4. The van der Waals surface area contributed by atoms with Gasteiger partial charge in [-0.25, -0.2) is 9.97 Å². The summed E-state index contributed by atoms with van der Waals surface area (Å²) in [6.45, 7) is 1.07. The molecule has 0 spiro atoms. The van der Waals surface area contributed by atoms with Crippen molar-refractivity contribution < 1.29 is 0 Å². The standard InChI is InChI=1S/C19H19BN6/c20-15-7-3-1-5-13(15)19-25-16-8-4-2-6-14(16)18(26-19)24-12-11-23-17(22)9-10-21/h1-10H,11-12,21H2,(H2,22,23)(H,24,25,26). The number of benzene rings is 2. The van der Waals surface area contributed by atoms with Gasteiger partial charge in [0.25, 0.3) is 0 Å². The Labute approximate surface area is 153 Å². The molecule has 0 aliphatic carbocycles. The van der Waals surface area contributed by atoms with Gasteiger partial charge in [0.15, 0.2) is 5.82 Å². The van der Waals surface area contributed by atoms with Crippen molar-refractivity contribution in [3.05, 3.63) is 60.8 Å². The van der Waals surface area contributed by atoms with Crippen LogP contribution >= 0.6 is 0 Å². The minimum atomic E-state index is 0.389. The molecule has 2 aromatic carbocycles. The zero-order valence-corrected chi connectivity index (χ0v) is 14.3. The predicted molar refractivity (Wildman–Crippen MR) is 109 cm³/mol. The van der Waals surface area contributed by atoms with Gasteiger partial charge in [0.2, 0.25) is 0 Å². The Morgan fingerprint density at radius 2 is 1.88 bits per heavy atom. The van der Waals surface area contributed by atoms with Crippen LogP contribution in [0.5, 0.6) is 0 Å². The number of nitrogens with two attached hydrogens (primary N) is 2. The molecule has 0 bridgehead atoms. The molecule has 0 fully saturated rings. The highest BCUT2D eigenvalue weighted by Crippen LogP contribution is 2.23. The number of amidine groups is 1. The van der Waals surface area contributed by atoms with Crippen molar-refractivity contribution in [1.29, 1.82) is 0 Å². The fourth-order valence-corrected chi connectivity index (χ4v) is 2.54. The lowest BCUT2D eigenvalue weighted by Gasteiger charge is -2.11. The monoisotopic (exact) mass is 342 g/mol. The van der Waals surface area contributed by atoms with Crippen molar-refractivity contribution in [2.24, 2.45) is 16.5 Å². The third-order valence-electron chi connectivity index (χ3n) is 3.77. The largest absolute Gasteiger partial charge is 0.404 e. The molecule has 0 saturated carbocycles. The van der Waals surface area contributed by atoms with Crippen LogP contribution in [0.3, 0.4) is 0 Å². The summed E-state index contributed by atoms with van der Waals surface area (Å²) < 4.78 is 0. The second kappa shape index (κ2) is 8.16. The van der Waals surface area contributed by atoms with Crippen LogP contribution in [0.25, 0.3) is 22.3 Å². The van der Waals surface area contributed by atoms with Crippen molar-refractivity contribution in [3.63, 3.8) is 0 Å². The molecule has 0 unspecified atom stereocenters. The molecule has 2 radical (unpaired) electrons. The van der Waals surface area contributed by atoms with E-state index >= 15 is 0 Å². The molecule has 0 saturated heterocycles. The van der Waals surface area contributed by atoms with E-state index < -0.39 is 0 Å². The maximum atomic E-state index is 6.08. The Kier molecular flexibility index (Phi) is 5.48. The molecule has 0 atom stereocenters. The molecule has 7 heteroatoms. The Bertz CT molecular complexity index is 967. The minimum Gasteiger partial charge on any atom is -0.404 e. The molecule has 1 heterocycles. The van der Waals surface area contributed by atoms with E-state index in [-0.39, 0.29) is 0 Å². The van der Waals surface area contributed by atoms with Crippen LogP contribution in [0.15, 0.2) is 65.8 Å². The van der Waals surface area contributed by atoms with Gasteiger partial charge in [-0.1, -0.05) is 41.9 Å². The first-order valence-corrected chi connectivity index (χ1v) is 8.23. The molecule has 5 N–H and O–H groups in total. The Morgan fingerprint density at radius 1 is 1.12 bits per heavy atom. The first kappa shape index (κ1) is 17.5. The zero-order valence-electron chi connectivity index (χ0n) is 14.3. The molecule has 0 aliphatic rings. The lowest BCUT2D eigenvalue weighted by atomic mass is 9.90. The van der Waals surface area contributed by atoms with Gasteiger partial charge < -0.3 is 16.8 Å². The van der Waals surface area contributed by atoms with Gasteiger partial charge in [0, 0.05) is 17.5 Å². The first-order chi connectivity index (χ1) is 12.7. The van der Waals surface area contributed by atoms with E-state index in [0.717, 1.165) is 22.3 Å². The van der Waals surface area contributed by atoms with Crippen molar-refractivity contribution in [2.75, 3.05) is 18.4 Å². The van der Waals surface area contributed by atoms with Crippen LogP contribution in [0.4, 0.5) is 5.82 Å². The molecule has 0 amide bonds. The Morgan fingerprint density at radius 3 is 2.69 bits per heavy atom. The van der Waals surface area contributed by atoms with E-state index in [1.807, 2.05) is 48.5 Å². The van der Waals surface area contributed by atoms with E-state index in [1.54, 1.807) is 6.08 Å². The summed E-state index contributed by atoms with van der Waals surface area (Å²) in [5.74, 6) is 1.70. The number of para-hydroxylation sites is 1. The van der Waals surface area contributed by atoms with E-state index in [4.69, 9.17) is 19.3 Å².